The molecule has 0 saturated heterocycles. The molecule has 12 heavy (non-hydrogen) atoms. The lowest BCUT2D eigenvalue weighted by Gasteiger charge is -2.02. The van der Waals surface area contributed by atoms with Crippen LogP contribution in [-0.4, -0.2) is 16.1 Å². The zero-order valence-corrected chi connectivity index (χ0v) is 6.74. The Kier molecular flexibility index (Phi) is 2.40. The average molecular weight is 166 g/mol. The summed E-state index contributed by atoms with van der Waals surface area (Å²) in [6.45, 7) is 1.95. The molecule has 0 spiro atoms. The number of carbonyl (C=O) groups is 1. The number of hydrogen-bond donors (Lipinski definition) is 2. The van der Waals surface area contributed by atoms with Gasteiger partial charge in [0.25, 0.3) is 0 Å². The van der Waals surface area contributed by atoms with E-state index in [2.05, 4.69) is 4.98 Å². The summed E-state index contributed by atoms with van der Waals surface area (Å²) in [5.74, 6) is -0.983. The highest BCUT2D eigenvalue weighted by molar-refractivity contribution is 5.88. The summed E-state index contributed by atoms with van der Waals surface area (Å²) in [6.07, 6.45) is 0. The van der Waals surface area contributed by atoms with E-state index in [1.807, 2.05) is 0 Å². The number of nitrogens with zero attached hydrogens (tertiary/aromatic N) is 1. The third-order valence-electron chi connectivity index (χ3n) is 1.54. The van der Waals surface area contributed by atoms with Gasteiger partial charge in [0.1, 0.15) is 0 Å². The second-order valence-electron chi connectivity index (χ2n) is 2.46. The fourth-order valence-electron chi connectivity index (χ4n) is 0.961. The largest absolute Gasteiger partial charge is 0.478 e. The first-order valence-corrected chi connectivity index (χ1v) is 3.55. The van der Waals surface area contributed by atoms with Crippen molar-refractivity contribution in [3.8, 4) is 0 Å². The first-order chi connectivity index (χ1) is 5.65. The topological polar surface area (TPSA) is 76.2 Å². The van der Waals surface area contributed by atoms with Gasteiger partial charge < -0.3 is 10.8 Å². The molecule has 0 aliphatic heterocycles. The minimum atomic E-state index is -0.983. The maximum absolute atomic E-state index is 10.6. The molecule has 1 aromatic heterocycles. The average Bonchev–Trinajstić information content (AvgIpc) is 2.03. The Labute approximate surface area is 70.0 Å². The lowest BCUT2D eigenvalue weighted by molar-refractivity contribution is 0.0695. The molecule has 0 amide bonds. The van der Waals surface area contributed by atoms with Crippen LogP contribution in [0.5, 0.6) is 0 Å². The van der Waals surface area contributed by atoms with Crippen LogP contribution in [0, 0.1) is 6.92 Å². The van der Waals surface area contributed by atoms with Gasteiger partial charge in [0.05, 0.1) is 11.3 Å². The quantitative estimate of drug-likeness (QED) is 0.672. The van der Waals surface area contributed by atoms with Crippen LogP contribution in [0.2, 0.25) is 0 Å². The Morgan fingerprint density at radius 3 is 2.83 bits per heavy atom. The van der Waals surface area contributed by atoms with E-state index in [0.29, 0.717) is 5.69 Å². The molecule has 1 heterocycles. The molecule has 0 bridgehead atoms. The zero-order valence-electron chi connectivity index (χ0n) is 6.74. The third-order valence-corrected chi connectivity index (χ3v) is 1.54. The van der Waals surface area contributed by atoms with Crippen LogP contribution in [0.15, 0.2) is 12.1 Å². The predicted molar refractivity (Wildman–Crippen MR) is 43.8 cm³/mol. The number of pyridine rings is 1. The molecule has 0 atom stereocenters. The van der Waals surface area contributed by atoms with Crippen LogP contribution < -0.4 is 5.73 Å². The van der Waals surface area contributed by atoms with Gasteiger partial charge in [-0.1, -0.05) is 0 Å². The Balaban J connectivity index is 3.20. The normalized spacial score (nSPS) is 9.83. The molecule has 64 valence electrons. The number of aryl methyl sites for hydroxylation is 1. The zero-order chi connectivity index (χ0) is 9.14. The van der Waals surface area contributed by atoms with Crippen molar-refractivity contribution in [3.63, 3.8) is 0 Å². The Morgan fingerprint density at radius 2 is 2.33 bits per heavy atom. The number of carboxylic acid groups (broad SMARTS) is 1. The number of aromatic nitrogens is 1. The van der Waals surface area contributed by atoms with Crippen molar-refractivity contribution in [1.29, 1.82) is 0 Å². The second-order valence-corrected chi connectivity index (χ2v) is 2.46. The van der Waals surface area contributed by atoms with E-state index >= 15 is 0 Å². The van der Waals surface area contributed by atoms with Crippen LogP contribution in [0.3, 0.4) is 0 Å². The summed E-state index contributed by atoms with van der Waals surface area (Å²) in [6, 6.07) is 3.18. The van der Waals surface area contributed by atoms with Crippen molar-refractivity contribution >= 4 is 5.97 Å². The summed E-state index contributed by atoms with van der Waals surface area (Å²) in [7, 11) is 0. The number of nitrogens with two attached hydrogens (primary N) is 1. The van der Waals surface area contributed by atoms with E-state index in [9.17, 15) is 4.79 Å². The van der Waals surface area contributed by atoms with Crippen molar-refractivity contribution in [3.05, 3.63) is 29.1 Å². The van der Waals surface area contributed by atoms with Gasteiger partial charge in [0.15, 0.2) is 0 Å². The minimum Gasteiger partial charge on any atom is -0.478 e. The van der Waals surface area contributed by atoms with Gasteiger partial charge in [-0.25, -0.2) is 4.79 Å². The van der Waals surface area contributed by atoms with Gasteiger partial charge >= 0.3 is 5.97 Å². The Bertz CT molecular complexity index is 310. The highest BCUT2D eigenvalue weighted by Gasteiger charge is 2.09. The third kappa shape index (κ3) is 1.60. The minimum absolute atomic E-state index is 0.156. The van der Waals surface area contributed by atoms with Crippen LogP contribution in [0.4, 0.5) is 0 Å². The molecule has 0 radical (unpaired) electrons. The number of rotatable bonds is 2. The standard InChI is InChI=1S/C8H10N2O2/c1-5-2-3-6(8(11)12)7(4-9)10-5/h2-3H,4,9H2,1H3,(H,11,12). The summed E-state index contributed by atoms with van der Waals surface area (Å²) in [5.41, 5.74) is 6.73. The first kappa shape index (κ1) is 8.67. The van der Waals surface area contributed by atoms with Gasteiger partial charge in [0, 0.05) is 12.2 Å². The van der Waals surface area contributed by atoms with Crippen LogP contribution >= 0.6 is 0 Å². The second kappa shape index (κ2) is 3.32. The predicted octanol–water partition coefficient (Wildman–Crippen LogP) is 0.547. The van der Waals surface area contributed by atoms with Crippen molar-refractivity contribution in [2.75, 3.05) is 0 Å². The SMILES string of the molecule is Cc1ccc(C(=O)O)c(CN)n1. The molecule has 0 unspecified atom stereocenters. The Hall–Kier alpha value is -1.42. The van der Waals surface area contributed by atoms with Crippen LogP contribution in [-0.2, 0) is 6.54 Å². The number of carboxylic acids is 1. The highest BCUT2D eigenvalue weighted by Crippen LogP contribution is 2.06. The number of hydrogen-bond acceptors (Lipinski definition) is 3. The molecule has 0 aromatic carbocycles. The van der Waals surface area contributed by atoms with E-state index in [1.165, 1.54) is 6.07 Å². The lowest BCUT2D eigenvalue weighted by Crippen LogP contribution is -2.09. The molecule has 0 aliphatic carbocycles. The van der Waals surface area contributed by atoms with Crippen molar-refractivity contribution in [2.24, 2.45) is 5.73 Å². The number of aromatic carboxylic acids is 1. The summed E-state index contributed by atoms with van der Waals surface area (Å²) >= 11 is 0. The molecular formula is C8H10N2O2. The molecule has 0 aliphatic rings. The molecule has 4 heteroatoms. The maximum atomic E-state index is 10.6. The lowest BCUT2D eigenvalue weighted by atomic mass is 10.2. The van der Waals surface area contributed by atoms with Gasteiger partial charge in [-0.2, -0.15) is 0 Å². The molecule has 4 nitrogen and oxygen atoms in total. The van der Waals surface area contributed by atoms with Gasteiger partial charge in [0.2, 0.25) is 0 Å². The van der Waals surface area contributed by atoms with Gasteiger partial charge in [-0.05, 0) is 19.1 Å². The van der Waals surface area contributed by atoms with Crippen LogP contribution in [0.1, 0.15) is 21.7 Å². The molecule has 3 N–H and O–H groups in total. The smallest absolute Gasteiger partial charge is 0.337 e. The van der Waals surface area contributed by atoms with Gasteiger partial charge in [-0.15, -0.1) is 0 Å². The van der Waals surface area contributed by atoms with E-state index in [4.69, 9.17) is 10.8 Å². The Morgan fingerprint density at radius 1 is 1.67 bits per heavy atom. The van der Waals surface area contributed by atoms with E-state index < -0.39 is 5.97 Å². The molecule has 1 aromatic rings. The first-order valence-electron chi connectivity index (χ1n) is 3.55. The molecular weight excluding hydrogens is 156 g/mol. The van der Waals surface area contributed by atoms with E-state index in [-0.39, 0.29) is 12.1 Å². The summed E-state index contributed by atoms with van der Waals surface area (Å²) < 4.78 is 0. The van der Waals surface area contributed by atoms with Crippen LogP contribution in [0.25, 0.3) is 0 Å². The van der Waals surface area contributed by atoms with Gasteiger partial charge in [-0.3, -0.25) is 4.98 Å². The maximum Gasteiger partial charge on any atom is 0.337 e. The van der Waals surface area contributed by atoms with E-state index in [0.717, 1.165) is 5.69 Å². The highest BCUT2D eigenvalue weighted by atomic mass is 16.4. The summed E-state index contributed by atoms with van der Waals surface area (Å²) in [5, 5.41) is 8.69. The van der Waals surface area contributed by atoms with Crippen molar-refractivity contribution in [1.82, 2.24) is 4.98 Å². The molecule has 1 rings (SSSR count). The fourth-order valence-corrected chi connectivity index (χ4v) is 0.961. The molecule has 0 saturated carbocycles. The monoisotopic (exact) mass is 166 g/mol. The molecule has 0 fully saturated rings. The van der Waals surface area contributed by atoms with Crippen molar-refractivity contribution in [2.45, 2.75) is 13.5 Å². The van der Waals surface area contributed by atoms with E-state index in [1.54, 1.807) is 13.0 Å². The van der Waals surface area contributed by atoms with Crippen molar-refractivity contribution < 1.29 is 9.90 Å². The fraction of sp³-hybridized carbons (Fsp3) is 0.250. The summed E-state index contributed by atoms with van der Waals surface area (Å²) in [4.78, 5) is 14.6.